The van der Waals surface area contributed by atoms with Crippen LogP contribution in [0.15, 0.2) is 24.5 Å². The van der Waals surface area contributed by atoms with E-state index in [0.29, 0.717) is 11.0 Å². The molecule has 0 bridgehead atoms. The Balaban J connectivity index is 2.57. The Labute approximate surface area is 96.1 Å². The number of carboxylic acids is 2. The van der Waals surface area contributed by atoms with E-state index in [1.165, 1.54) is 12.1 Å². The molecule has 2 aromatic rings. The second-order valence-electron chi connectivity index (χ2n) is 3.71. The fourth-order valence-corrected chi connectivity index (χ4v) is 1.71. The van der Waals surface area contributed by atoms with Gasteiger partial charge in [-0.2, -0.15) is 0 Å². The molecule has 0 saturated carbocycles. The van der Waals surface area contributed by atoms with Gasteiger partial charge >= 0.3 is 11.9 Å². The van der Waals surface area contributed by atoms with Crippen molar-refractivity contribution in [1.29, 1.82) is 0 Å². The molecule has 0 aliphatic heterocycles. The van der Waals surface area contributed by atoms with Crippen LogP contribution in [0.5, 0.6) is 0 Å². The first-order valence-electron chi connectivity index (χ1n) is 4.87. The molecule has 0 aliphatic rings. The number of aryl methyl sites for hydroxylation is 1. The Morgan fingerprint density at radius 2 is 1.94 bits per heavy atom. The number of hydrogen-bond donors (Lipinski definition) is 2. The van der Waals surface area contributed by atoms with Gasteiger partial charge in [0.05, 0.1) is 17.4 Å². The van der Waals surface area contributed by atoms with E-state index < -0.39 is 17.9 Å². The molecule has 0 unspecified atom stereocenters. The quantitative estimate of drug-likeness (QED) is 0.767. The van der Waals surface area contributed by atoms with Gasteiger partial charge in [-0.3, -0.25) is 9.59 Å². The minimum absolute atomic E-state index is 0.237. The number of fused-ring (bicyclic) bond motifs is 1. The molecule has 17 heavy (non-hydrogen) atoms. The van der Waals surface area contributed by atoms with Crippen LogP contribution in [0, 0.1) is 0 Å². The molecule has 0 amide bonds. The Morgan fingerprint density at radius 3 is 2.53 bits per heavy atom. The number of imidazole rings is 1. The minimum atomic E-state index is -1.55. The Hall–Kier alpha value is -2.37. The summed E-state index contributed by atoms with van der Waals surface area (Å²) in [4.78, 5) is 25.9. The van der Waals surface area contributed by atoms with Crippen molar-refractivity contribution in [3.05, 3.63) is 30.1 Å². The molecule has 6 heteroatoms. The summed E-state index contributed by atoms with van der Waals surface area (Å²) in [6.07, 6.45) is 1.59. The van der Waals surface area contributed by atoms with E-state index in [2.05, 4.69) is 4.98 Å². The summed E-state index contributed by atoms with van der Waals surface area (Å²) < 4.78 is 1.71. The average Bonchev–Trinajstić information content (AvgIpc) is 2.59. The van der Waals surface area contributed by atoms with Crippen LogP contribution in [0.4, 0.5) is 0 Å². The molecular weight excluding hydrogens is 224 g/mol. The fourth-order valence-electron chi connectivity index (χ4n) is 1.71. The summed E-state index contributed by atoms with van der Waals surface area (Å²) in [5, 5.41) is 17.8. The predicted octanol–water partition coefficient (Wildman–Crippen LogP) is 0.826. The summed E-state index contributed by atoms with van der Waals surface area (Å²) in [6, 6.07) is 4.63. The van der Waals surface area contributed by atoms with Crippen molar-refractivity contribution in [2.75, 3.05) is 0 Å². The van der Waals surface area contributed by atoms with Crippen LogP contribution in [0.2, 0.25) is 0 Å². The normalized spacial score (nSPS) is 10.9. The highest BCUT2D eigenvalue weighted by Crippen LogP contribution is 2.21. The Bertz CT molecular complexity index is 589. The van der Waals surface area contributed by atoms with Gasteiger partial charge in [0.15, 0.2) is 5.92 Å². The summed E-state index contributed by atoms with van der Waals surface area (Å²) in [6.45, 7) is 0. The molecule has 0 atom stereocenters. The minimum Gasteiger partial charge on any atom is -0.480 e. The maximum absolute atomic E-state index is 10.9. The molecule has 2 rings (SSSR count). The predicted molar refractivity (Wildman–Crippen MR) is 58.7 cm³/mol. The summed E-state index contributed by atoms with van der Waals surface area (Å²) in [5.74, 6) is -4.30. The Kier molecular flexibility index (Phi) is 2.55. The smallest absolute Gasteiger partial charge is 0.322 e. The van der Waals surface area contributed by atoms with Gasteiger partial charge in [-0.15, -0.1) is 0 Å². The molecule has 1 aromatic heterocycles. The second kappa shape index (κ2) is 3.89. The first-order valence-corrected chi connectivity index (χ1v) is 4.87. The van der Waals surface area contributed by atoms with Crippen LogP contribution in [0.3, 0.4) is 0 Å². The molecule has 0 radical (unpaired) electrons. The summed E-state index contributed by atoms with van der Waals surface area (Å²) in [5.41, 5.74) is 1.64. The number of benzene rings is 1. The van der Waals surface area contributed by atoms with Gasteiger partial charge in [-0.1, -0.05) is 6.07 Å². The SMILES string of the molecule is Cn1cnc2ccc(C(C(=O)O)C(=O)O)cc21. The van der Waals surface area contributed by atoms with Crippen LogP contribution in [-0.2, 0) is 16.6 Å². The van der Waals surface area contributed by atoms with Crippen molar-refractivity contribution in [3.8, 4) is 0 Å². The molecule has 1 heterocycles. The van der Waals surface area contributed by atoms with E-state index in [9.17, 15) is 9.59 Å². The van der Waals surface area contributed by atoms with E-state index in [1.807, 2.05) is 0 Å². The molecule has 1 aromatic carbocycles. The van der Waals surface area contributed by atoms with Crippen molar-refractivity contribution in [1.82, 2.24) is 9.55 Å². The third kappa shape index (κ3) is 1.84. The Morgan fingerprint density at radius 1 is 1.29 bits per heavy atom. The van der Waals surface area contributed by atoms with Gasteiger partial charge in [-0.05, 0) is 17.7 Å². The van der Waals surface area contributed by atoms with Crippen molar-refractivity contribution >= 4 is 23.0 Å². The topological polar surface area (TPSA) is 92.4 Å². The van der Waals surface area contributed by atoms with E-state index in [4.69, 9.17) is 10.2 Å². The molecule has 0 saturated heterocycles. The van der Waals surface area contributed by atoms with Crippen molar-refractivity contribution in [2.24, 2.45) is 7.05 Å². The van der Waals surface area contributed by atoms with Gasteiger partial charge in [0, 0.05) is 7.05 Å². The summed E-state index contributed by atoms with van der Waals surface area (Å²) >= 11 is 0. The largest absolute Gasteiger partial charge is 0.480 e. The number of carbonyl (C=O) groups is 2. The highest BCUT2D eigenvalue weighted by atomic mass is 16.4. The van der Waals surface area contributed by atoms with Gasteiger partial charge in [0.1, 0.15) is 0 Å². The first kappa shape index (κ1) is 11.1. The molecular formula is C11H10N2O4. The maximum atomic E-state index is 10.9. The third-order valence-corrected chi connectivity index (χ3v) is 2.58. The van der Waals surface area contributed by atoms with E-state index >= 15 is 0 Å². The lowest BCUT2D eigenvalue weighted by molar-refractivity contribution is -0.150. The number of rotatable bonds is 3. The standard InChI is InChI=1S/C11H10N2O4/c1-13-5-12-7-3-2-6(4-8(7)13)9(10(14)15)11(16)17/h2-5,9H,1H3,(H,14,15)(H,16,17). The third-order valence-electron chi connectivity index (χ3n) is 2.58. The lowest BCUT2D eigenvalue weighted by Gasteiger charge is -2.07. The number of carboxylic acid groups (broad SMARTS) is 2. The molecule has 0 spiro atoms. The number of nitrogens with zero attached hydrogens (tertiary/aromatic N) is 2. The highest BCUT2D eigenvalue weighted by molar-refractivity contribution is 5.99. The van der Waals surface area contributed by atoms with E-state index in [0.717, 1.165) is 0 Å². The van der Waals surface area contributed by atoms with Crippen LogP contribution in [0.1, 0.15) is 11.5 Å². The molecule has 2 N–H and O–H groups in total. The zero-order chi connectivity index (χ0) is 12.6. The van der Waals surface area contributed by atoms with Gasteiger partial charge < -0.3 is 14.8 Å². The zero-order valence-electron chi connectivity index (χ0n) is 8.99. The number of aliphatic carboxylic acids is 2. The van der Waals surface area contributed by atoms with E-state index in [1.54, 1.807) is 24.0 Å². The maximum Gasteiger partial charge on any atom is 0.322 e. The van der Waals surface area contributed by atoms with Gasteiger partial charge in [0.25, 0.3) is 0 Å². The monoisotopic (exact) mass is 234 g/mol. The summed E-state index contributed by atoms with van der Waals surface area (Å²) in [7, 11) is 1.76. The highest BCUT2D eigenvalue weighted by Gasteiger charge is 2.28. The molecule has 6 nitrogen and oxygen atoms in total. The van der Waals surface area contributed by atoms with Crippen LogP contribution in [0.25, 0.3) is 11.0 Å². The number of aromatic nitrogens is 2. The van der Waals surface area contributed by atoms with Crippen molar-refractivity contribution in [2.45, 2.75) is 5.92 Å². The fraction of sp³-hybridized carbons (Fsp3) is 0.182. The van der Waals surface area contributed by atoms with Crippen LogP contribution in [-0.4, -0.2) is 31.7 Å². The molecule has 0 aliphatic carbocycles. The molecule has 88 valence electrons. The average molecular weight is 234 g/mol. The van der Waals surface area contributed by atoms with Gasteiger partial charge in [-0.25, -0.2) is 4.98 Å². The lowest BCUT2D eigenvalue weighted by atomic mass is 9.99. The number of hydrogen-bond acceptors (Lipinski definition) is 3. The first-order chi connectivity index (χ1) is 8.00. The molecule has 0 fully saturated rings. The van der Waals surface area contributed by atoms with Crippen LogP contribution < -0.4 is 0 Å². The second-order valence-corrected chi connectivity index (χ2v) is 3.71. The van der Waals surface area contributed by atoms with Crippen molar-refractivity contribution in [3.63, 3.8) is 0 Å². The van der Waals surface area contributed by atoms with Crippen LogP contribution >= 0.6 is 0 Å². The lowest BCUT2D eigenvalue weighted by Crippen LogP contribution is -2.20. The van der Waals surface area contributed by atoms with Gasteiger partial charge in [0.2, 0.25) is 0 Å². The zero-order valence-corrected chi connectivity index (χ0v) is 8.99. The van der Waals surface area contributed by atoms with Crippen molar-refractivity contribution < 1.29 is 19.8 Å². The van der Waals surface area contributed by atoms with E-state index in [-0.39, 0.29) is 5.56 Å².